The molecule has 0 N–H and O–H groups in total. The van der Waals surface area contributed by atoms with Crippen LogP contribution in [0.25, 0.3) is 11.8 Å². The van der Waals surface area contributed by atoms with Crippen LogP contribution in [0.2, 0.25) is 0 Å². The molecule has 2 aromatic rings. The fraction of sp³-hybridized carbons (Fsp3) is 0.188. The summed E-state index contributed by atoms with van der Waals surface area (Å²) in [6.07, 6.45) is 4.03. The number of hydrogen-bond acceptors (Lipinski definition) is 2. The standard InChI is InChI=1S/C16H17IN2/c1-19(2)15(11-13-7-4-3-5-8-13)16-14(12-17)9-6-10-18-16/h3-11H,12H2,1-2H3. The molecule has 1 heterocycles. The molecule has 0 saturated heterocycles. The van der Waals surface area contributed by atoms with E-state index in [1.165, 1.54) is 11.1 Å². The monoisotopic (exact) mass is 364 g/mol. The van der Waals surface area contributed by atoms with Crippen LogP contribution in [0, 0.1) is 0 Å². The van der Waals surface area contributed by atoms with E-state index in [1.54, 1.807) is 0 Å². The molecule has 0 radical (unpaired) electrons. The maximum absolute atomic E-state index is 4.55. The van der Waals surface area contributed by atoms with Gasteiger partial charge in [-0.3, -0.25) is 4.98 Å². The Morgan fingerprint density at radius 2 is 1.89 bits per heavy atom. The molecule has 2 nitrogen and oxygen atoms in total. The van der Waals surface area contributed by atoms with Crippen molar-refractivity contribution in [2.75, 3.05) is 14.1 Å². The van der Waals surface area contributed by atoms with Crippen LogP contribution in [-0.4, -0.2) is 24.0 Å². The third kappa shape index (κ3) is 3.56. The lowest BCUT2D eigenvalue weighted by atomic mass is 10.1. The number of nitrogens with zero attached hydrogens (tertiary/aromatic N) is 2. The molecule has 98 valence electrons. The van der Waals surface area contributed by atoms with Gasteiger partial charge in [-0.1, -0.05) is 59.0 Å². The summed E-state index contributed by atoms with van der Waals surface area (Å²) >= 11 is 2.38. The van der Waals surface area contributed by atoms with Crippen LogP contribution < -0.4 is 0 Å². The van der Waals surface area contributed by atoms with Gasteiger partial charge in [-0.2, -0.15) is 0 Å². The Bertz CT molecular complexity index is 562. The van der Waals surface area contributed by atoms with Crippen molar-refractivity contribution in [1.29, 1.82) is 0 Å². The van der Waals surface area contributed by atoms with Gasteiger partial charge >= 0.3 is 0 Å². The van der Waals surface area contributed by atoms with E-state index in [2.05, 4.69) is 83.0 Å². The molecule has 19 heavy (non-hydrogen) atoms. The van der Waals surface area contributed by atoms with Gasteiger partial charge in [0.2, 0.25) is 0 Å². The number of hydrogen-bond donors (Lipinski definition) is 0. The zero-order valence-corrected chi connectivity index (χ0v) is 13.3. The minimum absolute atomic E-state index is 0.959. The predicted molar refractivity (Wildman–Crippen MR) is 90.0 cm³/mol. The molecular formula is C16H17IN2. The minimum Gasteiger partial charge on any atom is -0.376 e. The van der Waals surface area contributed by atoms with Crippen molar-refractivity contribution in [2.45, 2.75) is 4.43 Å². The lowest BCUT2D eigenvalue weighted by molar-refractivity contribution is 0.591. The Morgan fingerprint density at radius 3 is 2.53 bits per heavy atom. The highest BCUT2D eigenvalue weighted by molar-refractivity contribution is 14.1. The van der Waals surface area contributed by atoms with Crippen molar-refractivity contribution >= 4 is 34.4 Å². The lowest BCUT2D eigenvalue weighted by Gasteiger charge is -2.19. The van der Waals surface area contributed by atoms with Crippen LogP contribution in [-0.2, 0) is 4.43 Å². The highest BCUT2D eigenvalue weighted by Crippen LogP contribution is 2.23. The zero-order valence-electron chi connectivity index (χ0n) is 11.2. The largest absolute Gasteiger partial charge is 0.376 e. The average Bonchev–Trinajstić information content (AvgIpc) is 2.45. The molecule has 0 aliphatic rings. The van der Waals surface area contributed by atoms with E-state index >= 15 is 0 Å². The van der Waals surface area contributed by atoms with Crippen LogP contribution in [0.5, 0.6) is 0 Å². The van der Waals surface area contributed by atoms with Gasteiger partial charge in [-0.25, -0.2) is 0 Å². The molecule has 0 fully saturated rings. The fourth-order valence-corrected chi connectivity index (χ4v) is 2.51. The highest BCUT2D eigenvalue weighted by Gasteiger charge is 2.10. The van der Waals surface area contributed by atoms with Crippen LogP contribution in [0.3, 0.4) is 0 Å². The van der Waals surface area contributed by atoms with E-state index in [-0.39, 0.29) is 0 Å². The maximum atomic E-state index is 4.55. The van der Waals surface area contributed by atoms with Crippen LogP contribution in [0.4, 0.5) is 0 Å². The molecule has 0 aliphatic heterocycles. The Kier molecular flexibility index (Phi) is 4.96. The Labute approximate surface area is 128 Å². The van der Waals surface area contributed by atoms with Crippen molar-refractivity contribution in [3.8, 4) is 0 Å². The SMILES string of the molecule is CN(C)C(=Cc1ccccc1)c1ncccc1CI. The van der Waals surface area contributed by atoms with Gasteiger partial charge in [-0.05, 0) is 23.3 Å². The zero-order chi connectivity index (χ0) is 13.7. The molecule has 3 heteroatoms. The Morgan fingerprint density at radius 1 is 1.16 bits per heavy atom. The number of pyridine rings is 1. The fourth-order valence-electron chi connectivity index (χ4n) is 1.89. The first-order valence-electron chi connectivity index (χ1n) is 6.16. The number of alkyl halides is 1. The van der Waals surface area contributed by atoms with Crippen molar-refractivity contribution in [3.05, 3.63) is 65.5 Å². The summed E-state index contributed by atoms with van der Waals surface area (Å²) in [6.45, 7) is 0. The number of halogens is 1. The van der Waals surface area contributed by atoms with Gasteiger partial charge in [0, 0.05) is 24.7 Å². The summed E-state index contributed by atoms with van der Waals surface area (Å²) in [4.78, 5) is 6.67. The van der Waals surface area contributed by atoms with Gasteiger partial charge in [0.25, 0.3) is 0 Å². The van der Waals surface area contributed by atoms with Gasteiger partial charge in [0.1, 0.15) is 0 Å². The molecule has 0 aliphatic carbocycles. The Balaban J connectivity index is 2.49. The maximum Gasteiger partial charge on any atom is 0.0902 e. The summed E-state index contributed by atoms with van der Waals surface area (Å²) < 4.78 is 0.959. The van der Waals surface area contributed by atoms with E-state index in [1.807, 2.05) is 18.3 Å². The summed E-state index contributed by atoms with van der Waals surface area (Å²) in [5.41, 5.74) is 4.65. The van der Waals surface area contributed by atoms with Crippen molar-refractivity contribution in [2.24, 2.45) is 0 Å². The van der Waals surface area contributed by atoms with E-state index in [0.29, 0.717) is 0 Å². The molecular weight excluding hydrogens is 347 g/mol. The van der Waals surface area contributed by atoms with Gasteiger partial charge in [-0.15, -0.1) is 0 Å². The van der Waals surface area contributed by atoms with Crippen LogP contribution in [0.1, 0.15) is 16.8 Å². The molecule has 0 atom stereocenters. The third-order valence-electron chi connectivity index (χ3n) is 2.86. The highest BCUT2D eigenvalue weighted by atomic mass is 127. The molecule has 1 aromatic carbocycles. The van der Waals surface area contributed by atoms with E-state index < -0.39 is 0 Å². The van der Waals surface area contributed by atoms with E-state index in [9.17, 15) is 0 Å². The average molecular weight is 364 g/mol. The third-order valence-corrected chi connectivity index (χ3v) is 3.68. The molecule has 0 saturated carbocycles. The number of rotatable bonds is 4. The predicted octanol–water partition coefficient (Wildman–Crippen LogP) is 4.08. The molecule has 1 aromatic heterocycles. The van der Waals surface area contributed by atoms with Crippen molar-refractivity contribution < 1.29 is 0 Å². The van der Waals surface area contributed by atoms with Crippen LogP contribution >= 0.6 is 22.6 Å². The number of aromatic nitrogens is 1. The second-order valence-corrected chi connectivity index (χ2v) is 5.24. The van der Waals surface area contributed by atoms with Gasteiger partial charge in [0.15, 0.2) is 0 Å². The molecule has 0 spiro atoms. The second-order valence-electron chi connectivity index (χ2n) is 4.48. The summed E-state index contributed by atoms with van der Waals surface area (Å²) in [7, 11) is 4.11. The first-order valence-corrected chi connectivity index (χ1v) is 7.69. The summed E-state index contributed by atoms with van der Waals surface area (Å²) in [6, 6.07) is 14.5. The van der Waals surface area contributed by atoms with E-state index in [0.717, 1.165) is 15.8 Å². The van der Waals surface area contributed by atoms with E-state index in [4.69, 9.17) is 0 Å². The molecule has 0 unspecified atom stereocenters. The minimum atomic E-state index is 0.959. The van der Waals surface area contributed by atoms with Gasteiger partial charge < -0.3 is 4.90 Å². The summed E-state index contributed by atoms with van der Waals surface area (Å²) in [5.74, 6) is 0. The quantitative estimate of drug-likeness (QED) is 0.601. The van der Waals surface area contributed by atoms with Crippen molar-refractivity contribution in [1.82, 2.24) is 9.88 Å². The first-order chi connectivity index (χ1) is 9.22. The smallest absolute Gasteiger partial charge is 0.0902 e. The first kappa shape index (κ1) is 14.1. The topological polar surface area (TPSA) is 16.1 Å². The molecule has 2 rings (SSSR count). The Hall–Kier alpha value is -1.36. The molecule has 0 amide bonds. The molecule has 0 bridgehead atoms. The summed E-state index contributed by atoms with van der Waals surface area (Å²) in [5, 5.41) is 0. The number of benzene rings is 1. The lowest BCUT2D eigenvalue weighted by Crippen LogP contribution is -2.12. The van der Waals surface area contributed by atoms with Crippen molar-refractivity contribution in [3.63, 3.8) is 0 Å². The van der Waals surface area contributed by atoms with Crippen LogP contribution in [0.15, 0.2) is 48.7 Å². The normalized spacial score (nSPS) is 11.4. The van der Waals surface area contributed by atoms with Gasteiger partial charge in [0.05, 0.1) is 11.4 Å². The second kappa shape index (κ2) is 6.70.